The average molecular weight is 275 g/mol. The van der Waals surface area contributed by atoms with Crippen molar-refractivity contribution in [1.82, 2.24) is 15.3 Å². The molecule has 1 atom stereocenters. The maximum absolute atomic E-state index is 4.77. The van der Waals surface area contributed by atoms with Crippen LogP contribution in [0.1, 0.15) is 58.1 Å². The molecule has 0 radical (unpaired) electrons. The molecule has 0 spiro atoms. The van der Waals surface area contributed by atoms with Gasteiger partial charge in [0, 0.05) is 23.9 Å². The summed E-state index contributed by atoms with van der Waals surface area (Å²) in [6.07, 6.45) is 6.54. The van der Waals surface area contributed by atoms with Crippen LogP contribution < -0.4 is 5.32 Å². The minimum Gasteiger partial charge on any atom is -0.312 e. The van der Waals surface area contributed by atoms with Crippen molar-refractivity contribution in [3.63, 3.8) is 0 Å². The van der Waals surface area contributed by atoms with E-state index in [4.69, 9.17) is 4.98 Å². The summed E-state index contributed by atoms with van der Waals surface area (Å²) in [6.45, 7) is 12.2. The molecule has 0 aromatic carbocycles. The van der Waals surface area contributed by atoms with E-state index < -0.39 is 0 Å². The van der Waals surface area contributed by atoms with Crippen LogP contribution in [0.15, 0.2) is 6.20 Å². The van der Waals surface area contributed by atoms with Gasteiger partial charge in [-0.15, -0.1) is 0 Å². The molecule has 0 saturated heterocycles. The number of hydrogen-bond acceptors (Lipinski definition) is 3. The molecule has 0 fully saturated rings. The van der Waals surface area contributed by atoms with E-state index >= 15 is 0 Å². The lowest BCUT2D eigenvalue weighted by Gasteiger charge is -2.28. The first kappa shape index (κ1) is 15.4. The molecule has 1 aromatic heterocycles. The molecule has 0 saturated carbocycles. The summed E-state index contributed by atoms with van der Waals surface area (Å²) < 4.78 is 0. The number of nitrogens with one attached hydrogen (secondary N) is 1. The van der Waals surface area contributed by atoms with Crippen molar-refractivity contribution in [3.8, 4) is 0 Å². The van der Waals surface area contributed by atoms with Crippen LogP contribution in [0.4, 0.5) is 0 Å². The highest BCUT2D eigenvalue weighted by molar-refractivity contribution is 5.21. The Morgan fingerprint density at radius 1 is 1.35 bits per heavy atom. The van der Waals surface area contributed by atoms with E-state index in [0.29, 0.717) is 5.92 Å². The molecule has 0 bridgehead atoms. The summed E-state index contributed by atoms with van der Waals surface area (Å²) in [5.74, 6) is 2.37. The maximum atomic E-state index is 4.77. The average Bonchev–Trinajstić information content (AvgIpc) is 2.34. The van der Waals surface area contributed by atoms with Crippen molar-refractivity contribution in [1.29, 1.82) is 0 Å². The Morgan fingerprint density at radius 2 is 2.10 bits per heavy atom. The topological polar surface area (TPSA) is 37.8 Å². The van der Waals surface area contributed by atoms with Crippen LogP contribution in [0, 0.1) is 11.8 Å². The molecular formula is C17H29N3. The van der Waals surface area contributed by atoms with Crippen molar-refractivity contribution in [2.75, 3.05) is 6.54 Å². The smallest absolute Gasteiger partial charge is 0.128 e. The molecule has 3 nitrogen and oxygen atoms in total. The molecule has 0 amide bonds. The Balaban J connectivity index is 1.97. The summed E-state index contributed by atoms with van der Waals surface area (Å²) in [4.78, 5) is 9.31. The fourth-order valence-electron chi connectivity index (χ4n) is 2.71. The van der Waals surface area contributed by atoms with Gasteiger partial charge in [0.05, 0.1) is 0 Å². The molecule has 0 aliphatic heterocycles. The molecule has 1 aromatic rings. The molecule has 2 rings (SSSR count). The maximum Gasteiger partial charge on any atom is 0.128 e. The van der Waals surface area contributed by atoms with Gasteiger partial charge in [-0.25, -0.2) is 9.97 Å². The second kappa shape index (κ2) is 6.21. The minimum absolute atomic E-state index is 0.206. The lowest BCUT2D eigenvalue weighted by Crippen LogP contribution is -2.40. The van der Waals surface area contributed by atoms with Crippen molar-refractivity contribution in [2.24, 2.45) is 11.8 Å². The molecule has 3 heteroatoms. The molecule has 1 aliphatic rings. The quantitative estimate of drug-likeness (QED) is 0.917. The predicted octanol–water partition coefficient (Wildman–Crippen LogP) is 3.17. The SMILES string of the molecule is CC(C)Cc1ncc2c(n1)CCC(CNC(C)(C)C)C2. The molecule has 1 unspecified atom stereocenters. The van der Waals surface area contributed by atoms with Gasteiger partial charge in [-0.3, -0.25) is 0 Å². The number of aryl methyl sites for hydroxylation is 1. The fraction of sp³-hybridized carbons (Fsp3) is 0.765. The molecule has 1 heterocycles. The molecule has 1 aliphatic carbocycles. The van der Waals surface area contributed by atoms with Gasteiger partial charge in [0.1, 0.15) is 5.82 Å². The highest BCUT2D eigenvalue weighted by Crippen LogP contribution is 2.24. The van der Waals surface area contributed by atoms with Gasteiger partial charge < -0.3 is 5.32 Å². The van der Waals surface area contributed by atoms with Gasteiger partial charge in [0.25, 0.3) is 0 Å². The van der Waals surface area contributed by atoms with Crippen LogP contribution in [0.25, 0.3) is 0 Å². The normalized spacial score (nSPS) is 19.2. The fourth-order valence-corrected chi connectivity index (χ4v) is 2.71. The third-order valence-corrected chi connectivity index (χ3v) is 3.81. The Kier molecular flexibility index (Phi) is 4.79. The highest BCUT2D eigenvalue weighted by Gasteiger charge is 2.22. The van der Waals surface area contributed by atoms with E-state index in [1.165, 1.54) is 17.7 Å². The lowest BCUT2D eigenvalue weighted by atomic mass is 9.86. The number of nitrogens with zero attached hydrogens (tertiary/aromatic N) is 2. The second-order valence-electron chi connectivity index (χ2n) is 7.60. The molecular weight excluding hydrogens is 246 g/mol. The zero-order chi connectivity index (χ0) is 14.8. The van der Waals surface area contributed by atoms with Gasteiger partial charge >= 0.3 is 0 Å². The summed E-state index contributed by atoms with van der Waals surface area (Å²) in [7, 11) is 0. The summed E-state index contributed by atoms with van der Waals surface area (Å²) in [6, 6.07) is 0. The van der Waals surface area contributed by atoms with Gasteiger partial charge in [0.2, 0.25) is 0 Å². The second-order valence-corrected chi connectivity index (χ2v) is 7.60. The van der Waals surface area contributed by atoms with E-state index in [9.17, 15) is 0 Å². The van der Waals surface area contributed by atoms with Crippen molar-refractivity contribution in [3.05, 3.63) is 23.3 Å². The summed E-state index contributed by atoms with van der Waals surface area (Å²) in [5, 5.41) is 3.62. The number of fused-ring (bicyclic) bond motifs is 1. The first-order valence-corrected chi connectivity index (χ1v) is 7.92. The summed E-state index contributed by atoms with van der Waals surface area (Å²) in [5.41, 5.74) is 2.87. The Morgan fingerprint density at radius 3 is 2.75 bits per heavy atom. The molecule has 20 heavy (non-hydrogen) atoms. The zero-order valence-corrected chi connectivity index (χ0v) is 13.7. The van der Waals surface area contributed by atoms with Crippen LogP contribution in [0.3, 0.4) is 0 Å². The Hall–Kier alpha value is -0.960. The van der Waals surface area contributed by atoms with E-state index in [2.05, 4.69) is 51.1 Å². The van der Waals surface area contributed by atoms with Gasteiger partial charge in [-0.2, -0.15) is 0 Å². The highest BCUT2D eigenvalue weighted by atomic mass is 14.9. The van der Waals surface area contributed by atoms with E-state index in [0.717, 1.165) is 37.5 Å². The molecule has 1 N–H and O–H groups in total. The molecule has 112 valence electrons. The first-order chi connectivity index (χ1) is 9.33. The van der Waals surface area contributed by atoms with Crippen LogP contribution in [0.5, 0.6) is 0 Å². The van der Waals surface area contributed by atoms with E-state index in [1.807, 2.05) is 0 Å². The van der Waals surface area contributed by atoms with Crippen LogP contribution in [0.2, 0.25) is 0 Å². The number of rotatable bonds is 4. The number of aromatic nitrogens is 2. The zero-order valence-electron chi connectivity index (χ0n) is 13.7. The van der Waals surface area contributed by atoms with Gasteiger partial charge in [-0.1, -0.05) is 13.8 Å². The van der Waals surface area contributed by atoms with E-state index in [1.54, 1.807) is 0 Å². The minimum atomic E-state index is 0.206. The summed E-state index contributed by atoms with van der Waals surface area (Å²) >= 11 is 0. The van der Waals surface area contributed by atoms with Crippen molar-refractivity contribution < 1.29 is 0 Å². The monoisotopic (exact) mass is 275 g/mol. The lowest BCUT2D eigenvalue weighted by molar-refractivity contribution is 0.346. The first-order valence-electron chi connectivity index (χ1n) is 7.92. The third-order valence-electron chi connectivity index (χ3n) is 3.81. The van der Waals surface area contributed by atoms with Crippen LogP contribution >= 0.6 is 0 Å². The Bertz CT molecular complexity index is 446. The number of hydrogen-bond donors (Lipinski definition) is 1. The van der Waals surface area contributed by atoms with Crippen LogP contribution in [-0.4, -0.2) is 22.1 Å². The standard InChI is InChI=1S/C17H29N3/c1-12(2)8-16-18-11-14-9-13(6-7-15(14)20-16)10-19-17(3,4)5/h11-13,19H,6-10H2,1-5H3. The van der Waals surface area contributed by atoms with Gasteiger partial charge in [-0.05, 0) is 64.0 Å². The van der Waals surface area contributed by atoms with E-state index in [-0.39, 0.29) is 5.54 Å². The van der Waals surface area contributed by atoms with Crippen molar-refractivity contribution in [2.45, 2.75) is 65.8 Å². The van der Waals surface area contributed by atoms with Crippen molar-refractivity contribution >= 4 is 0 Å². The van der Waals surface area contributed by atoms with Crippen LogP contribution in [-0.2, 0) is 19.3 Å². The third kappa shape index (κ3) is 4.55. The Labute approximate surface area is 123 Å². The predicted molar refractivity (Wildman–Crippen MR) is 83.8 cm³/mol. The largest absolute Gasteiger partial charge is 0.312 e. The van der Waals surface area contributed by atoms with Gasteiger partial charge in [0.15, 0.2) is 0 Å².